The van der Waals surface area contributed by atoms with E-state index in [1.165, 1.54) is 0 Å². The Morgan fingerprint density at radius 3 is 2.14 bits per heavy atom. The molecular formula is C16H23NO4. The average Bonchev–Trinajstić information content (AvgIpc) is 2.48. The standard InChI is InChI=1S/C16H23NO4/c1-16(2)13(18)6-7-17-15(16)10-8-11(19-3)14(21-5)12(9-10)20-4/h8-9,15,17H,6-7H2,1-5H3/t15-/m1/s1. The van der Waals surface area contributed by atoms with Crippen molar-refractivity contribution < 1.29 is 19.0 Å². The molecule has 1 saturated heterocycles. The minimum atomic E-state index is -0.469. The highest BCUT2D eigenvalue weighted by Crippen LogP contribution is 2.44. The van der Waals surface area contributed by atoms with Crippen LogP contribution in [-0.2, 0) is 4.79 Å². The fraction of sp³-hybridized carbons (Fsp3) is 0.562. The summed E-state index contributed by atoms with van der Waals surface area (Å²) in [6.45, 7) is 4.62. The summed E-state index contributed by atoms with van der Waals surface area (Å²) in [4.78, 5) is 12.2. The molecule has 0 unspecified atom stereocenters. The first-order chi connectivity index (χ1) is 9.95. The van der Waals surface area contributed by atoms with Crippen molar-refractivity contribution in [2.45, 2.75) is 26.3 Å². The maximum absolute atomic E-state index is 12.2. The van der Waals surface area contributed by atoms with E-state index in [1.54, 1.807) is 21.3 Å². The smallest absolute Gasteiger partial charge is 0.203 e. The second-order valence-electron chi connectivity index (χ2n) is 5.74. The lowest BCUT2D eigenvalue weighted by molar-refractivity contribution is -0.130. The molecule has 1 atom stereocenters. The van der Waals surface area contributed by atoms with Gasteiger partial charge in [0, 0.05) is 24.4 Å². The third kappa shape index (κ3) is 2.70. The van der Waals surface area contributed by atoms with Crippen molar-refractivity contribution in [3.8, 4) is 17.2 Å². The van der Waals surface area contributed by atoms with Gasteiger partial charge < -0.3 is 19.5 Å². The predicted molar refractivity (Wildman–Crippen MR) is 80.2 cm³/mol. The highest BCUT2D eigenvalue weighted by Gasteiger charge is 2.40. The van der Waals surface area contributed by atoms with Crippen molar-refractivity contribution in [3.05, 3.63) is 17.7 Å². The van der Waals surface area contributed by atoms with Gasteiger partial charge in [0.15, 0.2) is 11.5 Å². The minimum Gasteiger partial charge on any atom is -0.493 e. The number of carbonyl (C=O) groups excluding carboxylic acids is 1. The highest BCUT2D eigenvalue weighted by molar-refractivity contribution is 5.86. The molecule has 2 rings (SSSR count). The highest BCUT2D eigenvalue weighted by atomic mass is 16.5. The van der Waals surface area contributed by atoms with E-state index in [9.17, 15) is 4.79 Å². The predicted octanol–water partition coefficient (Wildman–Crippen LogP) is 2.34. The van der Waals surface area contributed by atoms with Gasteiger partial charge in [0.2, 0.25) is 5.75 Å². The van der Waals surface area contributed by atoms with Crippen molar-refractivity contribution in [2.24, 2.45) is 5.41 Å². The van der Waals surface area contributed by atoms with Gasteiger partial charge in [-0.05, 0) is 17.7 Å². The molecule has 1 aliphatic rings. The number of ether oxygens (including phenoxy) is 3. The van der Waals surface area contributed by atoms with E-state index in [1.807, 2.05) is 26.0 Å². The first-order valence-electron chi connectivity index (χ1n) is 7.02. The fourth-order valence-electron chi connectivity index (χ4n) is 2.87. The zero-order valence-corrected chi connectivity index (χ0v) is 13.3. The largest absolute Gasteiger partial charge is 0.493 e. The number of carbonyl (C=O) groups is 1. The van der Waals surface area contributed by atoms with Crippen molar-refractivity contribution in [1.29, 1.82) is 0 Å². The summed E-state index contributed by atoms with van der Waals surface area (Å²) in [6.07, 6.45) is 0.563. The van der Waals surface area contributed by atoms with Crippen LogP contribution in [0.4, 0.5) is 0 Å². The summed E-state index contributed by atoms with van der Waals surface area (Å²) in [5.41, 5.74) is 0.491. The monoisotopic (exact) mass is 293 g/mol. The molecule has 1 aromatic carbocycles. The first-order valence-corrected chi connectivity index (χ1v) is 7.02. The number of Topliss-reactive ketones (excluding diaryl/α,β-unsaturated/α-hetero) is 1. The lowest BCUT2D eigenvalue weighted by Crippen LogP contribution is -2.46. The maximum atomic E-state index is 12.2. The summed E-state index contributed by atoms with van der Waals surface area (Å²) in [7, 11) is 4.75. The molecule has 5 heteroatoms. The number of methoxy groups -OCH3 is 3. The van der Waals surface area contributed by atoms with E-state index in [0.717, 1.165) is 5.56 Å². The van der Waals surface area contributed by atoms with Crippen LogP contribution in [-0.4, -0.2) is 33.7 Å². The van der Waals surface area contributed by atoms with E-state index >= 15 is 0 Å². The van der Waals surface area contributed by atoms with Crippen LogP contribution in [0.25, 0.3) is 0 Å². The number of hydrogen-bond donors (Lipinski definition) is 1. The second-order valence-corrected chi connectivity index (χ2v) is 5.74. The molecule has 0 saturated carbocycles. The molecule has 1 fully saturated rings. The summed E-state index contributed by atoms with van der Waals surface area (Å²) in [6, 6.07) is 3.73. The Labute approximate surface area is 125 Å². The second kappa shape index (κ2) is 5.93. The topological polar surface area (TPSA) is 56.8 Å². The molecular weight excluding hydrogens is 270 g/mol. The Kier molecular flexibility index (Phi) is 4.42. The molecule has 1 N–H and O–H groups in total. The third-order valence-electron chi connectivity index (χ3n) is 4.16. The molecule has 0 amide bonds. The maximum Gasteiger partial charge on any atom is 0.203 e. The minimum absolute atomic E-state index is 0.0764. The van der Waals surface area contributed by atoms with Crippen LogP contribution in [0.1, 0.15) is 31.9 Å². The number of nitrogens with one attached hydrogen (secondary N) is 1. The van der Waals surface area contributed by atoms with Crippen molar-refractivity contribution in [3.63, 3.8) is 0 Å². The lowest BCUT2D eigenvalue weighted by atomic mass is 9.73. The number of rotatable bonds is 4. The van der Waals surface area contributed by atoms with E-state index in [4.69, 9.17) is 14.2 Å². The molecule has 1 aromatic rings. The normalized spacial score (nSPS) is 21.0. The fourth-order valence-corrected chi connectivity index (χ4v) is 2.87. The van der Waals surface area contributed by atoms with Crippen LogP contribution in [0.2, 0.25) is 0 Å². The van der Waals surface area contributed by atoms with Crippen molar-refractivity contribution >= 4 is 5.78 Å². The van der Waals surface area contributed by atoms with Gasteiger partial charge >= 0.3 is 0 Å². The van der Waals surface area contributed by atoms with Gasteiger partial charge in [-0.2, -0.15) is 0 Å². The van der Waals surface area contributed by atoms with Gasteiger partial charge in [0.05, 0.1) is 21.3 Å². The molecule has 5 nitrogen and oxygen atoms in total. The SMILES string of the molecule is COc1cc([C@H]2NCCC(=O)C2(C)C)cc(OC)c1OC. The Bertz CT molecular complexity index is 514. The first kappa shape index (κ1) is 15.6. The van der Waals surface area contributed by atoms with E-state index in [2.05, 4.69) is 5.32 Å². The molecule has 0 spiro atoms. The van der Waals surface area contributed by atoms with Gasteiger partial charge in [-0.25, -0.2) is 0 Å². The van der Waals surface area contributed by atoms with Crippen LogP contribution in [0.3, 0.4) is 0 Å². The summed E-state index contributed by atoms with van der Waals surface area (Å²) in [5.74, 6) is 2.02. The van der Waals surface area contributed by atoms with Crippen LogP contribution in [0, 0.1) is 5.41 Å². The molecule has 0 radical (unpaired) electrons. The number of hydrogen-bond acceptors (Lipinski definition) is 5. The zero-order chi connectivity index (χ0) is 15.6. The number of piperidine rings is 1. The zero-order valence-electron chi connectivity index (χ0n) is 13.3. The average molecular weight is 293 g/mol. The van der Waals surface area contributed by atoms with E-state index in [-0.39, 0.29) is 11.8 Å². The molecule has 0 bridgehead atoms. The van der Waals surface area contributed by atoms with Crippen LogP contribution >= 0.6 is 0 Å². The van der Waals surface area contributed by atoms with Gasteiger partial charge in [0.25, 0.3) is 0 Å². The third-order valence-corrected chi connectivity index (χ3v) is 4.16. The Hall–Kier alpha value is -1.75. The lowest BCUT2D eigenvalue weighted by Gasteiger charge is -2.38. The van der Waals surface area contributed by atoms with Crippen LogP contribution < -0.4 is 19.5 Å². The van der Waals surface area contributed by atoms with Crippen LogP contribution in [0.15, 0.2) is 12.1 Å². The van der Waals surface area contributed by atoms with Gasteiger partial charge in [-0.1, -0.05) is 13.8 Å². The molecule has 116 valence electrons. The summed E-state index contributed by atoms with van der Waals surface area (Å²) < 4.78 is 16.1. The number of ketones is 1. The molecule has 1 heterocycles. The molecule has 0 aromatic heterocycles. The number of benzene rings is 1. The summed E-state index contributed by atoms with van der Waals surface area (Å²) in [5, 5.41) is 3.42. The Balaban J connectivity index is 2.51. The van der Waals surface area contributed by atoms with Crippen molar-refractivity contribution in [1.82, 2.24) is 5.32 Å². The van der Waals surface area contributed by atoms with Gasteiger partial charge in [-0.3, -0.25) is 4.79 Å². The van der Waals surface area contributed by atoms with Crippen LogP contribution in [0.5, 0.6) is 17.2 Å². The molecule has 21 heavy (non-hydrogen) atoms. The van der Waals surface area contributed by atoms with Crippen molar-refractivity contribution in [2.75, 3.05) is 27.9 Å². The molecule has 1 aliphatic heterocycles. The Morgan fingerprint density at radius 1 is 1.10 bits per heavy atom. The quantitative estimate of drug-likeness (QED) is 0.923. The molecule has 0 aliphatic carbocycles. The summed E-state index contributed by atoms with van der Waals surface area (Å²) >= 11 is 0. The van der Waals surface area contributed by atoms with E-state index in [0.29, 0.717) is 30.2 Å². The van der Waals surface area contributed by atoms with Gasteiger partial charge in [0.1, 0.15) is 5.78 Å². The Morgan fingerprint density at radius 2 is 1.67 bits per heavy atom. The van der Waals surface area contributed by atoms with Gasteiger partial charge in [-0.15, -0.1) is 0 Å². The van der Waals surface area contributed by atoms with E-state index < -0.39 is 5.41 Å².